The Labute approximate surface area is 68.4 Å². The molecule has 0 unspecified atom stereocenters. The van der Waals surface area contributed by atoms with Gasteiger partial charge in [0.15, 0.2) is 0 Å². The lowest BCUT2D eigenvalue weighted by Gasteiger charge is -1.96. The molecule has 56 valence electrons. The summed E-state index contributed by atoms with van der Waals surface area (Å²) >= 11 is 5.51. The second kappa shape index (κ2) is 2.77. The van der Waals surface area contributed by atoms with E-state index < -0.39 is 0 Å². The van der Waals surface area contributed by atoms with Crippen molar-refractivity contribution in [3.05, 3.63) is 33.2 Å². The Bertz CT molecular complexity index is 349. The van der Waals surface area contributed by atoms with Gasteiger partial charge in [-0.1, -0.05) is 11.6 Å². The van der Waals surface area contributed by atoms with Crippen LogP contribution in [0, 0.1) is 11.3 Å². The molecule has 1 aromatic rings. The zero-order chi connectivity index (χ0) is 8.43. The molecule has 1 rings (SSSR count). The van der Waals surface area contributed by atoms with E-state index in [1.165, 1.54) is 16.8 Å². The maximum atomic E-state index is 11.0. The van der Waals surface area contributed by atoms with Gasteiger partial charge in [-0.2, -0.15) is 5.26 Å². The van der Waals surface area contributed by atoms with Crippen molar-refractivity contribution in [2.24, 2.45) is 7.05 Å². The van der Waals surface area contributed by atoms with Crippen LogP contribution in [0.4, 0.5) is 0 Å². The van der Waals surface area contributed by atoms with Gasteiger partial charge < -0.3 is 4.57 Å². The molecule has 3 nitrogen and oxygen atoms in total. The number of rotatable bonds is 0. The van der Waals surface area contributed by atoms with E-state index in [0.29, 0.717) is 5.56 Å². The number of halogens is 1. The molecule has 1 aromatic heterocycles. The maximum absolute atomic E-state index is 11.0. The first-order chi connectivity index (χ1) is 5.15. The number of pyridine rings is 1. The van der Waals surface area contributed by atoms with Crippen LogP contribution in [0.2, 0.25) is 5.02 Å². The average molecular weight is 169 g/mol. The lowest BCUT2D eigenvalue weighted by atomic mass is 10.3. The summed E-state index contributed by atoms with van der Waals surface area (Å²) in [6.45, 7) is 0. The minimum Gasteiger partial charge on any atom is -0.316 e. The second-order valence-corrected chi connectivity index (χ2v) is 2.51. The highest BCUT2D eigenvalue weighted by atomic mass is 35.5. The minimum atomic E-state index is -0.286. The second-order valence-electron chi connectivity index (χ2n) is 2.10. The predicted octanol–water partition coefficient (Wildman–Crippen LogP) is 0.910. The summed E-state index contributed by atoms with van der Waals surface area (Å²) in [6, 6.07) is 3.24. The van der Waals surface area contributed by atoms with Gasteiger partial charge in [0, 0.05) is 13.2 Å². The smallest absolute Gasteiger partial charge is 0.269 e. The maximum Gasteiger partial charge on any atom is 0.269 e. The van der Waals surface area contributed by atoms with Crippen LogP contribution in [0.5, 0.6) is 0 Å². The van der Waals surface area contributed by atoms with Gasteiger partial charge in [0.1, 0.15) is 11.1 Å². The summed E-state index contributed by atoms with van der Waals surface area (Å²) in [5.74, 6) is 0. The lowest BCUT2D eigenvalue weighted by Crippen LogP contribution is -2.16. The SMILES string of the molecule is Cn1cc(C#N)cc(Cl)c1=O. The Morgan fingerprint density at radius 3 is 2.82 bits per heavy atom. The fraction of sp³-hybridized carbons (Fsp3) is 0.143. The Kier molecular flexibility index (Phi) is 1.97. The summed E-state index contributed by atoms with van der Waals surface area (Å²) in [5.41, 5.74) is 0.0998. The number of aryl methyl sites for hydroxylation is 1. The molecule has 1 heterocycles. The Morgan fingerprint density at radius 1 is 1.73 bits per heavy atom. The molecule has 0 radical (unpaired) electrons. The molecule has 0 N–H and O–H groups in total. The van der Waals surface area contributed by atoms with Crippen LogP contribution >= 0.6 is 11.6 Å². The fourth-order valence-electron chi connectivity index (χ4n) is 0.732. The quantitative estimate of drug-likeness (QED) is 0.578. The molecule has 0 aliphatic heterocycles. The summed E-state index contributed by atoms with van der Waals surface area (Å²) < 4.78 is 1.28. The molecule has 0 spiro atoms. The zero-order valence-corrected chi connectivity index (χ0v) is 6.59. The van der Waals surface area contributed by atoms with Crippen LogP contribution in [-0.4, -0.2) is 4.57 Å². The Balaban J connectivity index is 3.47. The first kappa shape index (κ1) is 7.83. The van der Waals surface area contributed by atoms with E-state index in [-0.39, 0.29) is 10.6 Å². The van der Waals surface area contributed by atoms with Crippen molar-refractivity contribution >= 4 is 11.6 Å². The molecule has 0 aromatic carbocycles. The molecule has 0 aliphatic rings. The average Bonchev–Trinajstić information content (AvgIpc) is 1.99. The molecule has 4 heteroatoms. The van der Waals surface area contributed by atoms with Crippen molar-refractivity contribution < 1.29 is 0 Å². The monoisotopic (exact) mass is 168 g/mol. The molecule has 0 amide bonds. The van der Waals surface area contributed by atoms with Crippen LogP contribution in [0.25, 0.3) is 0 Å². The summed E-state index contributed by atoms with van der Waals surface area (Å²) in [5, 5.41) is 8.53. The van der Waals surface area contributed by atoms with Crippen molar-refractivity contribution in [1.29, 1.82) is 5.26 Å². The fourth-order valence-corrected chi connectivity index (χ4v) is 0.983. The van der Waals surface area contributed by atoms with Gasteiger partial charge in [-0.25, -0.2) is 0 Å². The van der Waals surface area contributed by atoms with Gasteiger partial charge in [0.2, 0.25) is 0 Å². The van der Waals surface area contributed by atoms with Crippen LogP contribution in [-0.2, 0) is 7.05 Å². The van der Waals surface area contributed by atoms with E-state index >= 15 is 0 Å². The standard InChI is InChI=1S/C7H5ClN2O/c1-10-4-5(3-9)2-6(8)7(10)11/h2,4H,1H3. The van der Waals surface area contributed by atoms with E-state index in [1.807, 2.05) is 6.07 Å². The number of nitrogens with zero attached hydrogens (tertiary/aromatic N) is 2. The lowest BCUT2D eigenvalue weighted by molar-refractivity contribution is 0.857. The van der Waals surface area contributed by atoms with E-state index in [9.17, 15) is 4.79 Å². The van der Waals surface area contributed by atoms with Gasteiger partial charge in [-0.15, -0.1) is 0 Å². The molecule has 0 saturated carbocycles. The number of hydrogen-bond acceptors (Lipinski definition) is 2. The minimum absolute atomic E-state index is 0.0755. The topological polar surface area (TPSA) is 45.8 Å². The molecular weight excluding hydrogens is 164 g/mol. The first-order valence-corrected chi connectivity index (χ1v) is 3.29. The van der Waals surface area contributed by atoms with Crippen molar-refractivity contribution in [3.63, 3.8) is 0 Å². The van der Waals surface area contributed by atoms with Gasteiger partial charge in [0.05, 0.1) is 5.56 Å². The van der Waals surface area contributed by atoms with Gasteiger partial charge in [0.25, 0.3) is 5.56 Å². The number of nitriles is 1. The van der Waals surface area contributed by atoms with Gasteiger partial charge in [-0.3, -0.25) is 4.79 Å². The third-order valence-electron chi connectivity index (χ3n) is 1.27. The Hall–Kier alpha value is -1.27. The third-order valence-corrected chi connectivity index (χ3v) is 1.54. The van der Waals surface area contributed by atoms with E-state index in [4.69, 9.17) is 16.9 Å². The van der Waals surface area contributed by atoms with Crippen LogP contribution < -0.4 is 5.56 Å². The van der Waals surface area contributed by atoms with Crippen LogP contribution in [0.3, 0.4) is 0 Å². The first-order valence-electron chi connectivity index (χ1n) is 2.91. The zero-order valence-electron chi connectivity index (χ0n) is 5.84. The van der Waals surface area contributed by atoms with Crippen molar-refractivity contribution in [3.8, 4) is 6.07 Å². The van der Waals surface area contributed by atoms with E-state index in [2.05, 4.69) is 0 Å². The number of aromatic nitrogens is 1. The third kappa shape index (κ3) is 1.41. The molecule has 0 saturated heterocycles. The normalized spacial score (nSPS) is 9.18. The summed E-state index contributed by atoms with van der Waals surface area (Å²) in [4.78, 5) is 11.0. The van der Waals surface area contributed by atoms with Crippen molar-refractivity contribution in [1.82, 2.24) is 4.57 Å². The van der Waals surface area contributed by atoms with Crippen molar-refractivity contribution in [2.75, 3.05) is 0 Å². The number of hydrogen-bond donors (Lipinski definition) is 0. The summed E-state index contributed by atoms with van der Waals surface area (Å²) in [6.07, 6.45) is 1.44. The molecule has 0 fully saturated rings. The van der Waals surface area contributed by atoms with E-state index in [1.54, 1.807) is 7.05 Å². The highest BCUT2D eigenvalue weighted by Gasteiger charge is 1.99. The summed E-state index contributed by atoms with van der Waals surface area (Å²) in [7, 11) is 1.55. The molecule has 0 bridgehead atoms. The molecule has 11 heavy (non-hydrogen) atoms. The molecule has 0 atom stereocenters. The predicted molar refractivity (Wildman–Crippen MR) is 41.4 cm³/mol. The van der Waals surface area contributed by atoms with Crippen molar-refractivity contribution in [2.45, 2.75) is 0 Å². The highest BCUT2D eigenvalue weighted by Crippen LogP contribution is 2.03. The van der Waals surface area contributed by atoms with E-state index in [0.717, 1.165) is 0 Å². The van der Waals surface area contributed by atoms with Gasteiger partial charge in [-0.05, 0) is 6.07 Å². The highest BCUT2D eigenvalue weighted by molar-refractivity contribution is 6.30. The Morgan fingerprint density at radius 2 is 2.36 bits per heavy atom. The van der Waals surface area contributed by atoms with Crippen LogP contribution in [0.1, 0.15) is 5.56 Å². The molecular formula is C7H5ClN2O. The molecule has 0 aliphatic carbocycles. The van der Waals surface area contributed by atoms with Crippen LogP contribution in [0.15, 0.2) is 17.1 Å². The van der Waals surface area contributed by atoms with Gasteiger partial charge >= 0.3 is 0 Å². The largest absolute Gasteiger partial charge is 0.316 e.